The van der Waals surface area contributed by atoms with Gasteiger partial charge in [-0.1, -0.05) is 13.8 Å². The minimum atomic E-state index is -3.54. The van der Waals surface area contributed by atoms with Crippen LogP contribution < -0.4 is 14.2 Å². The Balaban J connectivity index is 2.26. The Bertz CT molecular complexity index is 569. The van der Waals surface area contributed by atoms with Crippen molar-refractivity contribution in [3.8, 4) is 11.5 Å². The number of ether oxygens (including phenoxy) is 2. The van der Waals surface area contributed by atoms with E-state index in [2.05, 4.69) is 4.72 Å². The summed E-state index contributed by atoms with van der Waals surface area (Å²) in [5.41, 5.74) is 0. The summed E-state index contributed by atoms with van der Waals surface area (Å²) in [6.07, 6.45) is 0.791. The lowest BCUT2D eigenvalue weighted by Crippen LogP contribution is -2.36. The van der Waals surface area contributed by atoms with Gasteiger partial charge >= 0.3 is 0 Å². The van der Waals surface area contributed by atoms with Gasteiger partial charge in [0.2, 0.25) is 10.0 Å². The Morgan fingerprint density at radius 1 is 1.10 bits per heavy atom. The van der Waals surface area contributed by atoms with Gasteiger partial charge < -0.3 is 9.47 Å². The Kier molecular flexibility index (Phi) is 4.55. The van der Waals surface area contributed by atoms with Gasteiger partial charge in [0.05, 0.1) is 18.1 Å². The minimum Gasteiger partial charge on any atom is -0.490 e. The van der Waals surface area contributed by atoms with E-state index < -0.39 is 10.0 Å². The Morgan fingerprint density at radius 3 is 2.40 bits per heavy atom. The second-order valence-corrected chi connectivity index (χ2v) is 7.03. The number of rotatable bonds is 4. The third-order valence-electron chi connectivity index (χ3n) is 3.37. The Morgan fingerprint density at radius 2 is 1.75 bits per heavy atom. The van der Waals surface area contributed by atoms with Gasteiger partial charge in [0, 0.05) is 18.5 Å². The molecule has 2 rings (SSSR count). The summed E-state index contributed by atoms with van der Waals surface area (Å²) < 4.78 is 38.3. The highest BCUT2D eigenvalue weighted by molar-refractivity contribution is 7.89. The normalized spacial score (nSPS) is 16.8. The van der Waals surface area contributed by atoms with Crippen LogP contribution in [-0.4, -0.2) is 27.7 Å². The van der Waals surface area contributed by atoms with Gasteiger partial charge in [-0.05, 0) is 25.0 Å². The first-order valence-corrected chi connectivity index (χ1v) is 8.30. The van der Waals surface area contributed by atoms with Gasteiger partial charge in [-0.2, -0.15) is 0 Å². The van der Waals surface area contributed by atoms with E-state index in [0.29, 0.717) is 24.7 Å². The fourth-order valence-corrected chi connectivity index (χ4v) is 3.17. The molecule has 0 bridgehead atoms. The van der Waals surface area contributed by atoms with Gasteiger partial charge in [0.25, 0.3) is 0 Å². The first-order chi connectivity index (χ1) is 9.40. The van der Waals surface area contributed by atoms with Crippen molar-refractivity contribution in [2.45, 2.75) is 38.1 Å². The molecule has 112 valence electrons. The van der Waals surface area contributed by atoms with E-state index in [1.54, 1.807) is 12.1 Å². The predicted octanol–water partition coefficient (Wildman–Crippen LogP) is 2.17. The minimum absolute atomic E-state index is 0.129. The van der Waals surface area contributed by atoms with Crippen molar-refractivity contribution in [1.29, 1.82) is 0 Å². The maximum absolute atomic E-state index is 12.3. The Labute approximate surface area is 120 Å². The van der Waals surface area contributed by atoms with Gasteiger partial charge in [0.15, 0.2) is 11.5 Å². The molecule has 0 aromatic heterocycles. The highest BCUT2D eigenvalue weighted by atomic mass is 32.2. The highest BCUT2D eigenvalue weighted by Crippen LogP contribution is 2.31. The van der Waals surface area contributed by atoms with Crippen molar-refractivity contribution in [3.05, 3.63) is 18.2 Å². The lowest BCUT2D eigenvalue weighted by atomic mass is 10.1. The van der Waals surface area contributed by atoms with Gasteiger partial charge in [-0.25, -0.2) is 13.1 Å². The van der Waals surface area contributed by atoms with E-state index >= 15 is 0 Å². The standard InChI is InChI=1S/C14H21NO4S/c1-10(2)11(3)15-20(16,17)12-5-6-13-14(9-12)19-8-4-7-18-13/h5-6,9-11,15H,4,7-8H2,1-3H3/t11-/m0/s1. The van der Waals surface area contributed by atoms with E-state index in [-0.39, 0.29) is 16.9 Å². The third-order valence-corrected chi connectivity index (χ3v) is 4.93. The van der Waals surface area contributed by atoms with Gasteiger partial charge in [0.1, 0.15) is 0 Å². The van der Waals surface area contributed by atoms with Gasteiger partial charge in [-0.15, -0.1) is 0 Å². The zero-order chi connectivity index (χ0) is 14.8. The average molecular weight is 299 g/mol. The third kappa shape index (κ3) is 3.43. The van der Waals surface area contributed by atoms with E-state index in [1.807, 2.05) is 20.8 Å². The summed E-state index contributed by atoms with van der Waals surface area (Å²) in [5.74, 6) is 1.31. The van der Waals surface area contributed by atoms with Crippen LogP contribution in [0.4, 0.5) is 0 Å². The monoisotopic (exact) mass is 299 g/mol. The zero-order valence-electron chi connectivity index (χ0n) is 12.0. The van der Waals surface area contributed by atoms with Crippen molar-refractivity contribution >= 4 is 10.0 Å². The van der Waals surface area contributed by atoms with Crippen molar-refractivity contribution in [3.63, 3.8) is 0 Å². The number of sulfonamides is 1. The first kappa shape index (κ1) is 15.1. The van der Waals surface area contributed by atoms with Gasteiger partial charge in [-0.3, -0.25) is 0 Å². The maximum Gasteiger partial charge on any atom is 0.240 e. The number of hydrogen-bond donors (Lipinski definition) is 1. The van der Waals surface area contributed by atoms with E-state index in [1.165, 1.54) is 6.07 Å². The van der Waals surface area contributed by atoms with E-state index in [9.17, 15) is 8.42 Å². The average Bonchev–Trinajstić information content (AvgIpc) is 2.62. The van der Waals surface area contributed by atoms with Crippen LogP contribution >= 0.6 is 0 Å². The predicted molar refractivity (Wildman–Crippen MR) is 76.7 cm³/mol. The molecule has 1 aliphatic heterocycles. The fraction of sp³-hybridized carbons (Fsp3) is 0.571. The number of hydrogen-bond acceptors (Lipinski definition) is 4. The van der Waals surface area contributed by atoms with Crippen LogP contribution in [0.5, 0.6) is 11.5 Å². The van der Waals surface area contributed by atoms with Crippen LogP contribution in [0.3, 0.4) is 0 Å². The van der Waals surface area contributed by atoms with Crippen molar-refractivity contribution in [2.24, 2.45) is 5.92 Å². The summed E-state index contributed by atoms with van der Waals surface area (Å²) in [5, 5.41) is 0. The molecule has 1 N–H and O–H groups in total. The molecular formula is C14H21NO4S. The molecule has 1 aliphatic rings. The summed E-state index contributed by atoms with van der Waals surface area (Å²) in [6.45, 7) is 6.92. The molecule has 0 aliphatic carbocycles. The van der Waals surface area contributed by atoms with Crippen molar-refractivity contribution in [1.82, 2.24) is 4.72 Å². The van der Waals surface area contributed by atoms with Crippen LogP contribution in [0, 0.1) is 5.92 Å². The van der Waals surface area contributed by atoms with Crippen LogP contribution in [0.1, 0.15) is 27.2 Å². The zero-order valence-corrected chi connectivity index (χ0v) is 12.9. The maximum atomic E-state index is 12.3. The van der Waals surface area contributed by atoms with Crippen LogP contribution in [0.25, 0.3) is 0 Å². The second-order valence-electron chi connectivity index (χ2n) is 5.31. The molecule has 0 saturated heterocycles. The summed E-state index contributed by atoms with van der Waals surface area (Å²) in [4.78, 5) is 0.203. The number of nitrogens with one attached hydrogen (secondary N) is 1. The summed E-state index contributed by atoms with van der Waals surface area (Å²) in [6, 6.07) is 4.59. The molecule has 1 atom stereocenters. The molecule has 0 radical (unpaired) electrons. The van der Waals surface area contributed by atoms with Crippen LogP contribution in [0.15, 0.2) is 23.1 Å². The quantitative estimate of drug-likeness (QED) is 0.925. The molecule has 1 aromatic rings. The molecule has 6 heteroatoms. The topological polar surface area (TPSA) is 64.6 Å². The van der Waals surface area contributed by atoms with Crippen LogP contribution in [0.2, 0.25) is 0 Å². The molecular weight excluding hydrogens is 278 g/mol. The van der Waals surface area contributed by atoms with Crippen molar-refractivity contribution in [2.75, 3.05) is 13.2 Å². The molecule has 0 amide bonds. The highest BCUT2D eigenvalue weighted by Gasteiger charge is 2.21. The molecule has 20 heavy (non-hydrogen) atoms. The summed E-state index contributed by atoms with van der Waals surface area (Å²) in [7, 11) is -3.54. The van der Waals surface area contributed by atoms with E-state index in [4.69, 9.17) is 9.47 Å². The van der Waals surface area contributed by atoms with E-state index in [0.717, 1.165) is 6.42 Å². The molecule has 1 aromatic carbocycles. The van der Waals surface area contributed by atoms with Crippen LogP contribution in [-0.2, 0) is 10.0 Å². The first-order valence-electron chi connectivity index (χ1n) is 6.82. The number of fused-ring (bicyclic) bond motifs is 1. The SMILES string of the molecule is CC(C)[C@H](C)NS(=O)(=O)c1ccc2c(c1)OCCCO2. The molecule has 0 spiro atoms. The second kappa shape index (κ2) is 6.01. The largest absolute Gasteiger partial charge is 0.490 e. The lowest BCUT2D eigenvalue weighted by Gasteiger charge is -2.18. The molecule has 0 saturated carbocycles. The molecule has 0 unspecified atom stereocenters. The fourth-order valence-electron chi connectivity index (χ4n) is 1.76. The Hall–Kier alpha value is -1.27. The molecule has 1 heterocycles. The smallest absolute Gasteiger partial charge is 0.240 e. The number of benzene rings is 1. The molecule has 0 fully saturated rings. The molecule has 5 nitrogen and oxygen atoms in total. The lowest BCUT2D eigenvalue weighted by molar-refractivity contribution is 0.297. The summed E-state index contributed by atoms with van der Waals surface area (Å²) >= 11 is 0. The van der Waals surface area contributed by atoms with Crippen molar-refractivity contribution < 1.29 is 17.9 Å².